The topological polar surface area (TPSA) is 0 Å². The van der Waals surface area contributed by atoms with E-state index in [2.05, 4.69) is 0 Å². The van der Waals surface area contributed by atoms with E-state index in [4.69, 9.17) is 0 Å². The summed E-state index contributed by atoms with van der Waals surface area (Å²) in [6.07, 6.45) is -3.72. The summed E-state index contributed by atoms with van der Waals surface area (Å²) in [6, 6.07) is 0. The molecule has 0 unspecified atom stereocenters. The Morgan fingerprint density at radius 1 is 1.22 bits per heavy atom. The molecule has 0 aromatic rings. The van der Waals surface area contributed by atoms with E-state index < -0.39 is 12.6 Å². The van der Waals surface area contributed by atoms with Crippen LogP contribution in [0.1, 0.15) is 26.2 Å². The first-order chi connectivity index (χ1) is 3.56. The Hall–Kier alpha value is 1.43. The van der Waals surface area contributed by atoms with Crippen LogP contribution in [0.4, 0.5) is 13.2 Å². The molecule has 0 fully saturated rings. The van der Waals surface area contributed by atoms with Gasteiger partial charge >= 0.3 is 57.6 Å². The molecule has 0 rings (SSSR count). The predicted molar refractivity (Wildman–Crippen MR) is 32.7 cm³/mol. The monoisotopic (exact) mass is 166 g/mol. The van der Waals surface area contributed by atoms with Crippen molar-refractivity contribution in [3.05, 3.63) is 0 Å². The summed E-state index contributed by atoms with van der Waals surface area (Å²) in [6.45, 7) is 1.74. The van der Waals surface area contributed by atoms with Gasteiger partial charge in [0.25, 0.3) is 0 Å². The van der Waals surface area contributed by atoms with Crippen molar-refractivity contribution in [1.82, 2.24) is 0 Å². The predicted octanol–water partition coefficient (Wildman–Crippen LogP) is 2.09. The Morgan fingerprint density at radius 3 is 1.78 bits per heavy atom. The summed E-state index contributed by atoms with van der Waals surface area (Å²) in [5, 5.41) is 0. The van der Waals surface area contributed by atoms with Crippen LogP contribution in [-0.4, -0.2) is 57.6 Å². The number of rotatable bonds is 2. The van der Waals surface area contributed by atoms with Gasteiger partial charge in [0.15, 0.2) is 0 Å². The van der Waals surface area contributed by atoms with Gasteiger partial charge < -0.3 is 0 Å². The molecule has 0 nitrogen and oxygen atoms in total. The zero-order valence-corrected chi connectivity index (χ0v) is 4.76. The first-order valence-electron chi connectivity index (χ1n) is 2.63. The number of unbranched alkanes of at least 4 members (excludes halogenated alkanes) is 1. The van der Waals surface area contributed by atoms with Crippen molar-refractivity contribution < 1.29 is 13.2 Å². The molecule has 0 aliphatic carbocycles. The van der Waals surface area contributed by atoms with Crippen molar-refractivity contribution in [2.24, 2.45) is 0 Å². The average Bonchev–Trinajstić information content (AvgIpc) is 1.59. The fourth-order valence-corrected chi connectivity index (χ4v) is 0.377. The van der Waals surface area contributed by atoms with Gasteiger partial charge in [-0.25, -0.2) is 0 Å². The third-order valence-corrected chi connectivity index (χ3v) is 0.814. The van der Waals surface area contributed by atoms with Gasteiger partial charge in [0.05, 0.1) is 0 Å². The summed E-state index contributed by atoms with van der Waals surface area (Å²) >= 11 is 0. The number of hydrogen-bond donors (Lipinski definition) is 0. The molecule has 0 bridgehead atoms. The molecule has 0 aromatic carbocycles. The Morgan fingerprint density at radius 2 is 1.67 bits per heavy atom. The summed E-state index contributed by atoms with van der Waals surface area (Å²) in [5.41, 5.74) is 0. The molecule has 0 aromatic heterocycles. The number of halogens is 3. The molecule has 0 saturated carbocycles. The van der Waals surface area contributed by atoms with Crippen LogP contribution >= 0.6 is 0 Å². The van der Waals surface area contributed by atoms with Crippen LogP contribution in [0, 0.1) is 0 Å². The standard InChI is InChI=1S/C5H9F3.K.H/c1-2-3-4-5(6,7)8;;/h2-4H2,1H3;;. The molecular weight excluding hydrogens is 156 g/mol. The summed E-state index contributed by atoms with van der Waals surface area (Å²) in [4.78, 5) is 0. The second kappa shape index (κ2) is 6.16. The molecule has 0 amide bonds. The van der Waals surface area contributed by atoms with Crippen molar-refractivity contribution in [2.75, 3.05) is 0 Å². The fraction of sp³-hybridized carbons (Fsp3) is 1.00. The van der Waals surface area contributed by atoms with E-state index in [9.17, 15) is 13.2 Å². The van der Waals surface area contributed by atoms with Crippen molar-refractivity contribution in [2.45, 2.75) is 32.4 Å². The first-order valence-corrected chi connectivity index (χ1v) is 2.63. The minimum atomic E-state index is -3.95. The quantitative estimate of drug-likeness (QED) is 0.551. The summed E-state index contributed by atoms with van der Waals surface area (Å²) in [7, 11) is 0. The van der Waals surface area contributed by atoms with Crippen molar-refractivity contribution in [3.63, 3.8) is 0 Å². The Balaban J connectivity index is 0. The van der Waals surface area contributed by atoms with Gasteiger partial charge in [-0.3, -0.25) is 0 Å². The van der Waals surface area contributed by atoms with Crippen LogP contribution < -0.4 is 0 Å². The molecule has 4 heteroatoms. The molecule has 0 saturated heterocycles. The molecule has 0 radical (unpaired) electrons. The second-order valence-corrected chi connectivity index (χ2v) is 1.72. The number of hydrogen-bond acceptors (Lipinski definition) is 0. The van der Waals surface area contributed by atoms with E-state index in [1.54, 1.807) is 6.92 Å². The molecule has 0 spiro atoms. The normalized spacial score (nSPS) is 10.7. The van der Waals surface area contributed by atoms with Crippen molar-refractivity contribution in [1.29, 1.82) is 0 Å². The van der Waals surface area contributed by atoms with Gasteiger partial charge in [0.2, 0.25) is 0 Å². The van der Waals surface area contributed by atoms with E-state index >= 15 is 0 Å². The van der Waals surface area contributed by atoms with Crippen LogP contribution in [0.15, 0.2) is 0 Å². The number of alkyl halides is 3. The van der Waals surface area contributed by atoms with Crippen LogP contribution in [0.5, 0.6) is 0 Å². The van der Waals surface area contributed by atoms with Gasteiger partial charge in [0, 0.05) is 6.42 Å². The first kappa shape index (κ1) is 13.0. The van der Waals surface area contributed by atoms with E-state index in [1.165, 1.54) is 0 Å². The summed E-state index contributed by atoms with van der Waals surface area (Å²) < 4.78 is 33.7. The van der Waals surface area contributed by atoms with Gasteiger partial charge in [-0.1, -0.05) is 13.3 Å². The van der Waals surface area contributed by atoms with Crippen LogP contribution in [0.2, 0.25) is 0 Å². The molecule has 0 N–H and O–H groups in total. The molecule has 9 heavy (non-hydrogen) atoms. The zero-order valence-electron chi connectivity index (χ0n) is 4.76. The van der Waals surface area contributed by atoms with E-state index in [1.807, 2.05) is 0 Å². The Labute approximate surface area is 95.6 Å². The Kier molecular flexibility index (Phi) is 8.93. The minimum absolute atomic E-state index is 0. The molecule has 0 aliphatic rings. The maximum atomic E-state index is 11.2. The van der Waals surface area contributed by atoms with Gasteiger partial charge in [-0.05, 0) is 6.42 Å². The van der Waals surface area contributed by atoms with E-state index in [0.717, 1.165) is 0 Å². The molecule has 0 heterocycles. The van der Waals surface area contributed by atoms with Crippen LogP contribution in [0.25, 0.3) is 0 Å². The summed E-state index contributed by atoms with van der Waals surface area (Å²) in [5.74, 6) is 0. The maximum absolute atomic E-state index is 11.2. The molecule has 0 aliphatic heterocycles. The SMILES string of the molecule is CCCCC(F)(F)F.[KH]. The van der Waals surface area contributed by atoms with Crippen LogP contribution in [0.3, 0.4) is 0 Å². The zero-order chi connectivity index (χ0) is 6.62. The van der Waals surface area contributed by atoms with E-state index in [-0.39, 0.29) is 57.8 Å². The van der Waals surface area contributed by atoms with Gasteiger partial charge in [-0.2, -0.15) is 13.2 Å². The Bertz CT molecular complexity index is 59.7. The molecule has 52 valence electrons. The fourth-order valence-electron chi connectivity index (χ4n) is 0.377. The second-order valence-electron chi connectivity index (χ2n) is 1.72. The third-order valence-electron chi connectivity index (χ3n) is 0.814. The molecule has 0 atom stereocenters. The average molecular weight is 166 g/mol. The third kappa shape index (κ3) is 12.6. The molecular formula is C5H10F3K. The van der Waals surface area contributed by atoms with Crippen molar-refractivity contribution >= 4 is 51.4 Å². The van der Waals surface area contributed by atoms with Crippen LogP contribution in [-0.2, 0) is 0 Å². The van der Waals surface area contributed by atoms with Gasteiger partial charge in [-0.15, -0.1) is 0 Å². The van der Waals surface area contributed by atoms with E-state index in [0.29, 0.717) is 6.42 Å². The van der Waals surface area contributed by atoms with Gasteiger partial charge in [0.1, 0.15) is 0 Å². The van der Waals surface area contributed by atoms with Crippen molar-refractivity contribution in [3.8, 4) is 0 Å².